The van der Waals surface area contributed by atoms with Crippen LogP contribution >= 0.6 is 0 Å². The van der Waals surface area contributed by atoms with Crippen molar-refractivity contribution in [2.24, 2.45) is 7.05 Å². The molecule has 6 nitrogen and oxygen atoms in total. The summed E-state index contributed by atoms with van der Waals surface area (Å²) in [7, 11) is 6.07. The lowest BCUT2D eigenvalue weighted by molar-refractivity contribution is 0.311. The Morgan fingerprint density at radius 3 is 2.48 bits per heavy atom. The van der Waals surface area contributed by atoms with Crippen molar-refractivity contribution in [1.29, 1.82) is 0 Å². The summed E-state index contributed by atoms with van der Waals surface area (Å²) in [6.07, 6.45) is 3.95. The number of fused-ring (bicyclic) bond motifs is 1. The molecule has 0 radical (unpaired) electrons. The zero-order valence-corrected chi connectivity index (χ0v) is 14.0. The fraction of sp³-hybridized carbons (Fsp3) is 0.353. The summed E-state index contributed by atoms with van der Waals surface area (Å²) in [6, 6.07) is 8.15. The van der Waals surface area contributed by atoms with Gasteiger partial charge >= 0.3 is 0 Å². The Kier molecular flexibility index (Phi) is 4.25. The molecule has 0 aliphatic rings. The van der Waals surface area contributed by atoms with Gasteiger partial charge in [0.1, 0.15) is 5.82 Å². The number of benzene rings is 1. The first-order chi connectivity index (χ1) is 11.0. The number of nitrogens with one attached hydrogen (secondary N) is 1. The molecule has 0 saturated carbocycles. The molecule has 0 fully saturated rings. The van der Waals surface area contributed by atoms with Crippen molar-refractivity contribution in [2.45, 2.75) is 13.0 Å². The summed E-state index contributed by atoms with van der Waals surface area (Å²) in [5.74, 6) is 0.833. The minimum absolute atomic E-state index is 0.219. The minimum Gasteiger partial charge on any atom is -0.367 e. The van der Waals surface area contributed by atoms with Crippen LogP contribution in [0, 0.1) is 6.92 Å². The third kappa shape index (κ3) is 3.32. The molecule has 6 heteroatoms. The van der Waals surface area contributed by atoms with Crippen molar-refractivity contribution in [3.63, 3.8) is 0 Å². The molecule has 0 bridgehead atoms. The van der Waals surface area contributed by atoms with E-state index in [1.165, 1.54) is 5.56 Å². The Morgan fingerprint density at radius 2 is 1.87 bits per heavy atom. The molecular weight excluding hydrogens is 288 g/mol. The zero-order chi connectivity index (χ0) is 16.4. The van der Waals surface area contributed by atoms with Gasteiger partial charge in [-0.1, -0.05) is 12.1 Å². The van der Waals surface area contributed by atoms with Gasteiger partial charge in [0.15, 0.2) is 0 Å². The second kappa shape index (κ2) is 6.34. The number of para-hydroxylation sites is 2. The fourth-order valence-corrected chi connectivity index (χ4v) is 2.66. The van der Waals surface area contributed by atoms with Crippen molar-refractivity contribution in [1.82, 2.24) is 24.6 Å². The Bertz CT molecular complexity index is 808. The molecule has 2 aromatic heterocycles. The van der Waals surface area contributed by atoms with E-state index in [9.17, 15) is 0 Å². The highest BCUT2D eigenvalue weighted by molar-refractivity contribution is 5.76. The fourth-order valence-electron chi connectivity index (χ4n) is 2.66. The van der Waals surface area contributed by atoms with E-state index >= 15 is 0 Å². The van der Waals surface area contributed by atoms with Crippen molar-refractivity contribution < 1.29 is 0 Å². The van der Waals surface area contributed by atoms with Gasteiger partial charge < -0.3 is 10.2 Å². The maximum absolute atomic E-state index is 4.69. The van der Waals surface area contributed by atoms with Gasteiger partial charge in [0, 0.05) is 25.4 Å². The van der Waals surface area contributed by atoms with Crippen LogP contribution in [0.3, 0.4) is 0 Å². The predicted octanol–water partition coefficient (Wildman–Crippen LogP) is 2.39. The largest absolute Gasteiger partial charge is 0.367 e. The van der Waals surface area contributed by atoms with E-state index in [1.54, 1.807) is 0 Å². The Labute approximate surface area is 136 Å². The average molecular weight is 310 g/mol. The summed E-state index contributed by atoms with van der Waals surface area (Å²) in [6.45, 7) is 2.73. The summed E-state index contributed by atoms with van der Waals surface area (Å²) >= 11 is 0. The van der Waals surface area contributed by atoms with Gasteiger partial charge in [-0.2, -0.15) is 5.10 Å². The molecule has 1 unspecified atom stereocenters. The normalized spacial score (nSPS) is 12.7. The lowest BCUT2D eigenvalue weighted by atomic mass is 10.1. The Morgan fingerprint density at radius 1 is 1.17 bits per heavy atom. The second-order valence-electron chi connectivity index (χ2n) is 5.95. The van der Waals surface area contributed by atoms with Crippen LogP contribution in [0.15, 0.2) is 36.7 Å². The maximum Gasteiger partial charge on any atom is 0.148 e. The van der Waals surface area contributed by atoms with E-state index < -0.39 is 0 Å². The molecule has 1 aromatic carbocycles. The molecular formula is C17H22N6. The summed E-state index contributed by atoms with van der Waals surface area (Å²) in [4.78, 5) is 11.5. The molecule has 3 rings (SSSR count). The molecule has 0 aliphatic heterocycles. The highest BCUT2D eigenvalue weighted by Crippen LogP contribution is 2.20. The molecule has 0 amide bonds. The third-order valence-corrected chi connectivity index (χ3v) is 3.94. The van der Waals surface area contributed by atoms with Crippen molar-refractivity contribution in [2.75, 3.05) is 26.0 Å². The average Bonchev–Trinajstić information content (AvgIpc) is 2.93. The van der Waals surface area contributed by atoms with Crippen molar-refractivity contribution >= 4 is 16.9 Å². The zero-order valence-electron chi connectivity index (χ0n) is 14.0. The van der Waals surface area contributed by atoms with Gasteiger partial charge in [-0.3, -0.25) is 4.68 Å². The Hall–Kier alpha value is -2.47. The van der Waals surface area contributed by atoms with E-state index in [0.717, 1.165) is 29.1 Å². The highest BCUT2D eigenvalue weighted by atomic mass is 15.2. The quantitative estimate of drug-likeness (QED) is 0.784. The molecule has 0 aliphatic carbocycles. The van der Waals surface area contributed by atoms with Gasteiger partial charge in [-0.25, -0.2) is 9.97 Å². The molecule has 1 N–H and O–H groups in total. The van der Waals surface area contributed by atoms with Crippen molar-refractivity contribution in [3.05, 3.63) is 47.9 Å². The van der Waals surface area contributed by atoms with Crippen LogP contribution in [0.1, 0.15) is 17.3 Å². The molecule has 2 heterocycles. The molecule has 0 spiro atoms. The van der Waals surface area contributed by atoms with Crippen LogP contribution in [-0.4, -0.2) is 45.3 Å². The smallest absolute Gasteiger partial charge is 0.148 e. The number of aryl methyl sites for hydroxylation is 2. The summed E-state index contributed by atoms with van der Waals surface area (Å²) in [5, 5.41) is 7.71. The standard InChI is InChI=1S/C17H22N6/c1-12-17(21-15-8-6-5-7-14(15)20-12)18-10-16(22(2)3)13-9-19-23(4)11-13/h5-9,11,16H,10H2,1-4H3,(H,18,21). The molecule has 120 valence electrons. The van der Waals surface area contributed by atoms with Crippen LogP contribution in [-0.2, 0) is 7.05 Å². The first kappa shape index (κ1) is 15.4. The monoisotopic (exact) mass is 310 g/mol. The van der Waals surface area contributed by atoms with E-state index in [2.05, 4.69) is 34.4 Å². The second-order valence-corrected chi connectivity index (χ2v) is 5.95. The van der Waals surface area contributed by atoms with E-state index in [0.29, 0.717) is 0 Å². The number of rotatable bonds is 5. The SMILES string of the molecule is Cc1nc2ccccc2nc1NCC(c1cnn(C)c1)N(C)C. The number of hydrogen-bond donors (Lipinski definition) is 1. The van der Waals surface area contributed by atoms with E-state index in [1.807, 2.05) is 55.3 Å². The molecule has 1 atom stereocenters. The van der Waals surface area contributed by atoms with Gasteiger partial charge in [0.05, 0.1) is 29.0 Å². The number of anilines is 1. The maximum atomic E-state index is 4.69. The number of hydrogen-bond acceptors (Lipinski definition) is 5. The highest BCUT2D eigenvalue weighted by Gasteiger charge is 2.16. The van der Waals surface area contributed by atoms with Crippen LogP contribution in [0.25, 0.3) is 11.0 Å². The van der Waals surface area contributed by atoms with Gasteiger partial charge in [0.25, 0.3) is 0 Å². The number of aromatic nitrogens is 4. The van der Waals surface area contributed by atoms with Gasteiger partial charge in [0.2, 0.25) is 0 Å². The lowest BCUT2D eigenvalue weighted by Gasteiger charge is -2.24. The Balaban J connectivity index is 1.82. The van der Waals surface area contributed by atoms with E-state index in [4.69, 9.17) is 4.98 Å². The van der Waals surface area contributed by atoms with Crippen LogP contribution < -0.4 is 5.32 Å². The summed E-state index contributed by atoms with van der Waals surface area (Å²) in [5.41, 5.74) is 3.92. The lowest BCUT2D eigenvalue weighted by Crippen LogP contribution is -2.27. The van der Waals surface area contributed by atoms with Crippen molar-refractivity contribution in [3.8, 4) is 0 Å². The van der Waals surface area contributed by atoms with Crippen LogP contribution in [0.4, 0.5) is 5.82 Å². The third-order valence-electron chi connectivity index (χ3n) is 3.94. The predicted molar refractivity (Wildman–Crippen MR) is 92.4 cm³/mol. The van der Waals surface area contributed by atoms with Gasteiger partial charge in [-0.05, 0) is 33.2 Å². The first-order valence-electron chi connectivity index (χ1n) is 7.67. The first-order valence-corrected chi connectivity index (χ1v) is 7.67. The number of likely N-dealkylation sites (N-methyl/N-ethyl adjacent to an activating group) is 1. The molecule has 0 saturated heterocycles. The van der Waals surface area contributed by atoms with Crippen LogP contribution in [0.2, 0.25) is 0 Å². The molecule has 23 heavy (non-hydrogen) atoms. The van der Waals surface area contributed by atoms with Gasteiger partial charge in [-0.15, -0.1) is 0 Å². The molecule has 3 aromatic rings. The summed E-state index contributed by atoms with van der Waals surface area (Å²) < 4.78 is 1.83. The minimum atomic E-state index is 0.219. The van der Waals surface area contributed by atoms with Crippen LogP contribution in [0.5, 0.6) is 0 Å². The van der Waals surface area contributed by atoms with E-state index in [-0.39, 0.29) is 6.04 Å². The topological polar surface area (TPSA) is 58.9 Å². The number of nitrogens with zero attached hydrogens (tertiary/aromatic N) is 5.